The van der Waals surface area contributed by atoms with Crippen LogP contribution in [0.25, 0.3) is 22.6 Å². The Balaban J connectivity index is 1.57. The molecule has 3 heterocycles. The van der Waals surface area contributed by atoms with E-state index in [4.69, 9.17) is 38.1 Å². The van der Waals surface area contributed by atoms with E-state index >= 15 is 0 Å². The van der Waals surface area contributed by atoms with E-state index < -0.39 is 11.8 Å². The molecule has 0 aliphatic rings. The van der Waals surface area contributed by atoms with Crippen molar-refractivity contribution in [1.82, 2.24) is 20.3 Å². The fraction of sp³-hybridized carbons (Fsp3) is 0. The van der Waals surface area contributed by atoms with E-state index in [2.05, 4.69) is 30.7 Å². The third-order valence-corrected chi connectivity index (χ3v) is 5.59. The standard InChI is InChI=1S/C22H12Cl2FN7O4/c23-12-3-1-9(7-11(12)22(33)34)15-5-6-16(35-15)17(30-26)18-19(29-21-20(28-18)31-36-32-21)27-10-2-4-14(25)13(24)8-10/h1-8H,26H2,(H,33,34)(H,27,29,32). The molecular weight excluding hydrogens is 516 g/mol. The number of nitrogens with two attached hydrogens (primary N) is 1. The molecule has 11 nitrogen and oxygen atoms in total. The maximum atomic E-state index is 13.6. The van der Waals surface area contributed by atoms with Gasteiger partial charge in [-0.15, -0.1) is 0 Å². The van der Waals surface area contributed by atoms with Crippen molar-refractivity contribution < 1.29 is 23.3 Å². The fourth-order valence-electron chi connectivity index (χ4n) is 3.30. The van der Waals surface area contributed by atoms with Gasteiger partial charge in [-0.05, 0) is 58.8 Å². The molecule has 0 fully saturated rings. The first kappa shape index (κ1) is 23.2. The predicted octanol–water partition coefficient (Wildman–Crippen LogP) is 4.87. The second-order valence-electron chi connectivity index (χ2n) is 7.23. The Hall–Kier alpha value is -4.55. The topological polar surface area (TPSA) is 166 Å². The highest BCUT2D eigenvalue weighted by Gasteiger charge is 2.23. The van der Waals surface area contributed by atoms with Crippen LogP contribution in [0.5, 0.6) is 0 Å². The Kier molecular flexibility index (Phi) is 5.96. The number of furan rings is 1. The molecule has 14 heteroatoms. The van der Waals surface area contributed by atoms with Gasteiger partial charge < -0.3 is 20.7 Å². The van der Waals surface area contributed by atoms with Gasteiger partial charge in [0.2, 0.25) is 11.3 Å². The molecule has 0 aliphatic carbocycles. The molecular formula is C22H12Cl2FN7O4. The van der Waals surface area contributed by atoms with Crippen LogP contribution in [0, 0.1) is 5.82 Å². The number of hydrogen-bond acceptors (Lipinski definition) is 10. The van der Waals surface area contributed by atoms with E-state index in [-0.39, 0.29) is 49.9 Å². The summed E-state index contributed by atoms with van der Waals surface area (Å²) in [5.74, 6) is 4.56. The molecule has 0 atom stereocenters. The van der Waals surface area contributed by atoms with E-state index in [1.54, 1.807) is 18.2 Å². The molecule has 0 radical (unpaired) electrons. The second-order valence-corrected chi connectivity index (χ2v) is 8.04. The number of aromatic carboxylic acids is 1. The van der Waals surface area contributed by atoms with Gasteiger partial charge in [-0.2, -0.15) is 5.10 Å². The number of halogens is 3. The highest BCUT2D eigenvalue weighted by molar-refractivity contribution is 6.33. The van der Waals surface area contributed by atoms with Gasteiger partial charge in [0, 0.05) is 11.3 Å². The van der Waals surface area contributed by atoms with Crippen LogP contribution in [0.2, 0.25) is 10.0 Å². The minimum Gasteiger partial charge on any atom is -0.478 e. The lowest BCUT2D eigenvalue weighted by atomic mass is 10.1. The van der Waals surface area contributed by atoms with E-state index in [1.165, 1.54) is 30.3 Å². The molecule has 5 rings (SSSR count). The number of carbonyl (C=O) groups is 1. The third kappa shape index (κ3) is 4.30. The number of benzene rings is 2. The van der Waals surface area contributed by atoms with Gasteiger partial charge in [-0.25, -0.2) is 23.8 Å². The number of nitrogens with one attached hydrogen (secondary N) is 1. The smallest absolute Gasteiger partial charge is 0.337 e. The molecule has 4 N–H and O–H groups in total. The highest BCUT2D eigenvalue weighted by atomic mass is 35.5. The summed E-state index contributed by atoms with van der Waals surface area (Å²) in [5, 5.41) is 23.5. The number of fused-ring (bicyclic) bond motifs is 1. The summed E-state index contributed by atoms with van der Waals surface area (Å²) < 4.78 is 24.2. The molecule has 180 valence electrons. The van der Waals surface area contributed by atoms with Crippen molar-refractivity contribution in [1.29, 1.82) is 0 Å². The Bertz CT molecular complexity index is 1670. The number of nitrogens with zero attached hydrogens (tertiary/aromatic N) is 5. The molecule has 0 saturated heterocycles. The van der Waals surface area contributed by atoms with Gasteiger partial charge in [-0.1, -0.05) is 23.2 Å². The molecule has 5 aromatic rings. The summed E-state index contributed by atoms with van der Waals surface area (Å²) in [5.41, 5.74) is 1.12. The number of carboxylic acids is 1. The molecule has 3 aromatic heterocycles. The molecule has 2 aromatic carbocycles. The van der Waals surface area contributed by atoms with Crippen LogP contribution < -0.4 is 11.2 Å². The molecule has 0 bridgehead atoms. The maximum Gasteiger partial charge on any atom is 0.337 e. The minimum absolute atomic E-state index is 0.0711. The number of hydrazone groups is 1. The summed E-state index contributed by atoms with van der Waals surface area (Å²) in [6, 6.07) is 11.6. The van der Waals surface area contributed by atoms with E-state index in [9.17, 15) is 14.3 Å². The Morgan fingerprint density at radius 1 is 1.03 bits per heavy atom. The third-order valence-electron chi connectivity index (χ3n) is 4.97. The van der Waals surface area contributed by atoms with Gasteiger partial charge in [0.15, 0.2) is 17.3 Å². The van der Waals surface area contributed by atoms with E-state index in [0.29, 0.717) is 17.0 Å². The number of aromatic nitrogens is 4. The second kappa shape index (κ2) is 9.24. The zero-order valence-electron chi connectivity index (χ0n) is 17.7. The molecule has 0 spiro atoms. The highest BCUT2D eigenvalue weighted by Crippen LogP contribution is 2.30. The van der Waals surface area contributed by atoms with Gasteiger partial charge in [-0.3, -0.25) is 0 Å². The first-order valence-electron chi connectivity index (χ1n) is 9.98. The molecule has 0 unspecified atom stereocenters. The van der Waals surface area contributed by atoms with Gasteiger partial charge in [0.05, 0.1) is 15.6 Å². The van der Waals surface area contributed by atoms with Crippen LogP contribution in [0.15, 0.2) is 62.7 Å². The van der Waals surface area contributed by atoms with Crippen molar-refractivity contribution in [2.45, 2.75) is 0 Å². The van der Waals surface area contributed by atoms with Crippen molar-refractivity contribution in [3.05, 3.63) is 81.4 Å². The van der Waals surface area contributed by atoms with Crippen molar-refractivity contribution in [3.63, 3.8) is 0 Å². The fourth-order valence-corrected chi connectivity index (χ4v) is 3.68. The summed E-state index contributed by atoms with van der Waals surface area (Å²) in [6.07, 6.45) is 0. The summed E-state index contributed by atoms with van der Waals surface area (Å²) in [6.45, 7) is 0. The monoisotopic (exact) mass is 527 g/mol. The Morgan fingerprint density at radius 3 is 2.53 bits per heavy atom. The van der Waals surface area contributed by atoms with E-state index in [1.807, 2.05) is 0 Å². The van der Waals surface area contributed by atoms with E-state index in [0.717, 1.165) is 0 Å². The predicted molar refractivity (Wildman–Crippen MR) is 128 cm³/mol. The van der Waals surface area contributed by atoms with Crippen LogP contribution in [0.1, 0.15) is 21.8 Å². The van der Waals surface area contributed by atoms with Crippen LogP contribution in [-0.2, 0) is 0 Å². The molecule has 0 aliphatic heterocycles. The number of carboxylic acid groups (broad SMARTS) is 1. The summed E-state index contributed by atoms with van der Waals surface area (Å²) in [7, 11) is 0. The van der Waals surface area contributed by atoms with Crippen LogP contribution in [-0.4, -0.2) is 37.1 Å². The van der Waals surface area contributed by atoms with Crippen molar-refractivity contribution >= 4 is 57.7 Å². The maximum absolute atomic E-state index is 13.6. The van der Waals surface area contributed by atoms with Crippen LogP contribution in [0.3, 0.4) is 0 Å². The van der Waals surface area contributed by atoms with Crippen molar-refractivity contribution in [2.24, 2.45) is 10.9 Å². The van der Waals surface area contributed by atoms with Gasteiger partial charge >= 0.3 is 5.97 Å². The van der Waals surface area contributed by atoms with Gasteiger partial charge in [0.1, 0.15) is 17.3 Å². The number of hydrogen-bond donors (Lipinski definition) is 3. The lowest BCUT2D eigenvalue weighted by molar-refractivity contribution is 0.0697. The van der Waals surface area contributed by atoms with Crippen molar-refractivity contribution in [2.75, 3.05) is 5.32 Å². The lowest BCUT2D eigenvalue weighted by Crippen LogP contribution is -2.13. The zero-order valence-corrected chi connectivity index (χ0v) is 19.2. The number of rotatable bonds is 6. The Morgan fingerprint density at radius 2 is 1.81 bits per heavy atom. The SMILES string of the molecule is NN=C(c1ccc(-c2ccc(Cl)c(C(=O)O)c2)o1)c1nc2nonc2nc1Nc1ccc(F)c(Cl)c1. The largest absolute Gasteiger partial charge is 0.478 e. The normalized spacial score (nSPS) is 11.7. The quantitative estimate of drug-likeness (QED) is 0.157. The first-order valence-corrected chi connectivity index (χ1v) is 10.7. The van der Waals surface area contributed by atoms with Crippen LogP contribution >= 0.6 is 23.2 Å². The average molecular weight is 528 g/mol. The zero-order chi connectivity index (χ0) is 25.4. The summed E-state index contributed by atoms with van der Waals surface area (Å²) >= 11 is 11.9. The lowest BCUT2D eigenvalue weighted by Gasteiger charge is -2.11. The number of anilines is 2. The average Bonchev–Trinajstić information content (AvgIpc) is 3.52. The first-order chi connectivity index (χ1) is 17.3. The molecule has 36 heavy (non-hydrogen) atoms. The Labute approximate surface area is 210 Å². The molecule has 0 amide bonds. The van der Waals surface area contributed by atoms with Crippen LogP contribution in [0.4, 0.5) is 15.9 Å². The van der Waals surface area contributed by atoms with Gasteiger partial charge in [0.25, 0.3) is 0 Å². The summed E-state index contributed by atoms with van der Waals surface area (Å²) in [4.78, 5) is 20.2. The molecule has 0 saturated carbocycles. The minimum atomic E-state index is -1.18. The van der Waals surface area contributed by atoms with Crippen molar-refractivity contribution in [3.8, 4) is 11.3 Å².